The number of urea groups is 1. The molecule has 0 unspecified atom stereocenters. The summed E-state index contributed by atoms with van der Waals surface area (Å²) in [5.74, 6) is 0. The predicted molar refractivity (Wildman–Crippen MR) is 86.4 cm³/mol. The Bertz CT molecular complexity index is 393. The molecule has 3 heteroatoms. The van der Waals surface area contributed by atoms with Gasteiger partial charge in [0.05, 0.1) is 0 Å². The summed E-state index contributed by atoms with van der Waals surface area (Å²) < 4.78 is 0. The zero-order valence-corrected chi connectivity index (χ0v) is 13.1. The lowest BCUT2D eigenvalue weighted by molar-refractivity contribution is 0.252. The van der Waals surface area contributed by atoms with Gasteiger partial charge in [0.1, 0.15) is 0 Å². The third-order valence-electron chi connectivity index (χ3n) is 3.55. The number of anilines is 1. The molecule has 112 valence electrons. The van der Waals surface area contributed by atoms with Crippen LogP contribution < -0.4 is 10.6 Å². The molecule has 0 spiro atoms. The van der Waals surface area contributed by atoms with Crippen LogP contribution in [0.4, 0.5) is 10.5 Å². The van der Waals surface area contributed by atoms with E-state index in [9.17, 15) is 4.79 Å². The van der Waals surface area contributed by atoms with E-state index in [1.54, 1.807) is 0 Å². The molecule has 0 radical (unpaired) electrons. The summed E-state index contributed by atoms with van der Waals surface area (Å²) in [5, 5.41) is 5.96. The van der Waals surface area contributed by atoms with Gasteiger partial charge in [0.15, 0.2) is 0 Å². The number of carbonyl (C=O) groups is 1. The third kappa shape index (κ3) is 5.24. The predicted octanol–water partition coefficient (Wildman–Crippen LogP) is 4.51. The van der Waals surface area contributed by atoms with Gasteiger partial charge in [-0.1, -0.05) is 58.2 Å². The van der Waals surface area contributed by atoms with Crippen LogP contribution >= 0.6 is 0 Å². The van der Waals surface area contributed by atoms with Crippen LogP contribution in [-0.2, 0) is 12.8 Å². The molecular formula is C17H28N2O. The number of para-hydroxylation sites is 1. The van der Waals surface area contributed by atoms with Crippen molar-refractivity contribution in [1.82, 2.24) is 5.32 Å². The van der Waals surface area contributed by atoms with Gasteiger partial charge in [0.25, 0.3) is 0 Å². The molecule has 2 N–H and O–H groups in total. The van der Waals surface area contributed by atoms with E-state index in [4.69, 9.17) is 0 Å². The van der Waals surface area contributed by atoms with E-state index in [-0.39, 0.29) is 6.03 Å². The number of hydrogen-bond acceptors (Lipinski definition) is 1. The molecule has 20 heavy (non-hydrogen) atoms. The zero-order valence-electron chi connectivity index (χ0n) is 13.1. The van der Waals surface area contributed by atoms with Crippen LogP contribution in [0, 0.1) is 0 Å². The lowest BCUT2D eigenvalue weighted by atomic mass is 10.0. The second kappa shape index (κ2) is 9.40. The Morgan fingerprint density at radius 2 is 1.65 bits per heavy atom. The summed E-state index contributed by atoms with van der Waals surface area (Å²) in [6, 6.07) is 6.13. The topological polar surface area (TPSA) is 41.1 Å². The summed E-state index contributed by atoms with van der Waals surface area (Å²) in [7, 11) is 0. The molecule has 0 aliphatic rings. The molecule has 0 aliphatic heterocycles. The van der Waals surface area contributed by atoms with Crippen LogP contribution in [0.1, 0.15) is 57.6 Å². The molecule has 0 heterocycles. The van der Waals surface area contributed by atoms with Gasteiger partial charge >= 0.3 is 6.03 Å². The lowest BCUT2D eigenvalue weighted by Gasteiger charge is -2.15. The smallest absolute Gasteiger partial charge is 0.319 e. The summed E-state index contributed by atoms with van der Waals surface area (Å²) in [6.45, 7) is 7.17. The first-order valence-corrected chi connectivity index (χ1v) is 7.88. The second-order valence-electron chi connectivity index (χ2n) is 5.10. The molecule has 3 nitrogen and oxygen atoms in total. The molecule has 2 amide bonds. The molecule has 0 aliphatic carbocycles. The van der Waals surface area contributed by atoms with E-state index in [1.165, 1.54) is 30.4 Å². The van der Waals surface area contributed by atoms with Crippen LogP contribution in [0.3, 0.4) is 0 Å². The van der Waals surface area contributed by atoms with Crippen LogP contribution in [0.15, 0.2) is 18.2 Å². The molecule has 0 atom stereocenters. The minimum Gasteiger partial charge on any atom is -0.338 e. The van der Waals surface area contributed by atoms with Crippen LogP contribution in [0.25, 0.3) is 0 Å². The normalized spacial score (nSPS) is 10.3. The van der Waals surface area contributed by atoms with Crippen molar-refractivity contribution in [3.63, 3.8) is 0 Å². The van der Waals surface area contributed by atoms with Crippen molar-refractivity contribution < 1.29 is 4.79 Å². The average molecular weight is 276 g/mol. The molecule has 0 aromatic heterocycles. The van der Waals surface area contributed by atoms with Gasteiger partial charge in [-0.15, -0.1) is 0 Å². The fourth-order valence-corrected chi connectivity index (χ4v) is 2.31. The number of aryl methyl sites for hydroxylation is 2. The van der Waals surface area contributed by atoms with E-state index < -0.39 is 0 Å². The Hall–Kier alpha value is -1.51. The van der Waals surface area contributed by atoms with Gasteiger partial charge in [-0.2, -0.15) is 0 Å². The molecule has 0 saturated heterocycles. The van der Waals surface area contributed by atoms with Crippen molar-refractivity contribution in [2.45, 2.75) is 59.3 Å². The molecule has 0 bridgehead atoms. The van der Waals surface area contributed by atoms with Crippen LogP contribution in [0.5, 0.6) is 0 Å². The third-order valence-corrected chi connectivity index (χ3v) is 3.55. The summed E-state index contributed by atoms with van der Waals surface area (Å²) >= 11 is 0. The average Bonchev–Trinajstić information content (AvgIpc) is 2.47. The van der Waals surface area contributed by atoms with Crippen molar-refractivity contribution in [3.05, 3.63) is 29.3 Å². The molecule has 1 aromatic carbocycles. The van der Waals surface area contributed by atoms with Crippen molar-refractivity contribution in [1.29, 1.82) is 0 Å². The number of amides is 2. The van der Waals surface area contributed by atoms with E-state index in [0.717, 1.165) is 31.5 Å². The Kier molecular flexibility index (Phi) is 7.78. The molecule has 0 saturated carbocycles. The van der Waals surface area contributed by atoms with Crippen molar-refractivity contribution in [3.8, 4) is 0 Å². The van der Waals surface area contributed by atoms with Gasteiger partial charge < -0.3 is 10.6 Å². The lowest BCUT2D eigenvalue weighted by Crippen LogP contribution is -2.30. The van der Waals surface area contributed by atoms with E-state index in [2.05, 4.69) is 49.6 Å². The highest BCUT2D eigenvalue weighted by Gasteiger charge is 2.09. The quantitative estimate of drug-likeness (QED) is 0.674. The largest absolute Gasteiger partial charge is 0.338 e. The van der Waals surface area contributed by atoms with Gasteiger partial charge in [-0.3, -0.25) is 0 Å². The van der Waals surface area contributed by atoms with Crippen molar-refractivity contribution in [2.24, 2.45) is 0 Å². The molecule has 1 aromatic rings. The first-order valence-electron chi connectivity index (χ1n) is 7.88. The fourth-order valence-electron chi connectivity index (χ4n) is 2.31. The fraction of sp³-hybridized carbons (Fsp3) is 0.588. The molecular weight excluding hydrogens is 248 g/mol. The standard InChI is InChI=1S/C17H28N2O/c1-4-7-8-9-13-18-17(20)19-16-14(5-2)11-10-12-15(16)6-3/h10-12H,4-9,13H2,1-3H3,(H2,18,19,20). The van der Waals surface area contributed by atoms with E-state index >= 15 is 0 Å². The van der Waals surface area contributed by atoms with Crippen molar-refractivity contribution in [2.75, 3.05) is 11.9 Å². The minimum atomic E-state index is -0.0860. The molecule has 0 fully saturated rings. The summed E-state index contributed by atoms with van der Waals surface area (Å²) in [5.41, 5.74) is 3.39. The maximum atomic E-state index is 12.0. The van der Waals surface area contributed by atoms with E-state index in [1.807, 2.05) is 0 Å². The summed E-state index contributed by atoms with van der Waals surface area (Å²) in [4.78, 5) is 12.0. The number of nitrogens with one attached hydrogen (secondary N) is 2. The maximum absolute atomic E-state index is 12.0. The second-order valence-corrected chi connectivity index (χ2v) is 5.10. The van der Waals surface area contributed by atoms with Gasteiger partial charge in [-0.05, 0) is 30.4 Å². The maximum Gasteiger partial charge on any atom is 0.319 e. The van der Waals surface area contributed by atoms with Crippen LogP contribution in [-0.4, -0.2) is 12.6 Å². The Morgan fingerprint density at radius 3 is 2.20 bits per heavy atom. The number of hydrogen-bond donors (Lipinski definition) is 2. The summed E-state index contributed by atoms with van der Waals surface area (Å²) in [6.07, 6.45) is 6.55. The van der Waals surface area contributed by atoms with Gasteiger partial charge in [0, 0.05) is 12.2 Å². The first-order chi connectivity index (χ1) is 9.72. The number of carbonyl (C=O) groups excluding carboxylic acids is 1. The highest BCUT2D eigenvalue weighted by atomic mass is 16.2. The minimum absolute atomic E-state index is 0.0860. The Labute approximate surface area is 123 Å². The highest BCUT2D eigenvalue weighted by Crippen LogP contribution is 2.22. The van der Waals surface area contributed by atoms with Crippen molar-refractivity contribution >= 4 is 11.7 Å². The van der Waals surface area contributed by atoms with Gasteiger partial charge in [0.2, 0.25) is 0 Å². The van der Waals surface area contributed by atoms with Gasteiger partial charge in [-0.25, -0.2) is 4.79 Å². The number of unbranched alkanes of at least 4 members (excludes halogenated alkanes) is 3. The number of benzene rings is 1. The first kappa shape index (κ1) is 16.5. The Morgan fingerprint density at radius 1 is 1.00 bits per heavy atom. The SMILES string of the molecule is CCCCCCNC(=O)Nc1c(CC)cccc1CC. The zero-order chi connectivity index (χ0) is 14.8. The monoisotopic (exact) mass is 276 g/mol. The van der Waals surface area contributed by atoms with Crippen LogP contribution in [0.2, 0.25) is 0 Å². The Balaban J connectivity index is 2.52. The molecule has 1 rings (SSSR count). The number of rotatable bonds is 8. The highest BCUT2D eigenvalue weighted by molar-refractivity contribution is 5.91. The van der Waals surface area contributed by atoms with E-state index in [0.29, 0.717) is 0 Å².